The number of anilines is 1. The molecule has 122 valence electrons. The number of hydrogen-bond acceptors (Lipinski definition) is 3. The van der Waals surface area contributed by atoms with E-state index in [9.17, 15) is 9.90 Å². The SMILES string of the molecule is Cc1cc(O)c(Br)cc1NC(=O)c1csc(C2CCCCC2)c1. The molecular formula is C18H20BrNO2S. The first kappa shape index (κ1) is 16.5. The highest BCUT2D eigenvalue weighted by Crippen LogP contribution is 2.36. The Bertz CT molecular complexity index is 720. The third kappa shape index (κ3) is 3.78. The maximum atomic E-state index is 12.5. The lowest BCUT2D eigenvalue weighted by Gasteiger charge is -2.19. The van der Waals surface area contributed by atoms with Gasteiger partial charge in [-0.25, -0.2) is 0 Å². The van der Waals surface area contributed by atoms with Crippen molar-refractivity contribution in [2.75, 3.05) is 5.32 Å². The van der Waals surface area contributed by atoms with Crippen molar-refractivity contribution in [3.8, 4) is 5.75 Å². The predicted molar refractivity (Wildman–Crippen MR) is 98.6 cm³/mol. The van der Waals surface area contributed by atoms with Crippen molar-refractivity contribution < 1.29 is 9.90 Å². The van der Waals surface area contributed by atoms with Gasteiger partial charge in [-0.05, 0) is 65.4 Å². The summed E-state index contributed by atoms with van der Waals surface area (Å²) in [6.07, 6.45) is 6.41. The van der Waals surface area contributed by atoms with Gasteiger partial charge in [0, 0.05) is 15.9 Å². The van der Waals surface area contributed by atoms with Crippen molar-refractivity contribution in [3.05, 3.63) is 44.1 Å². The lowest BCUT2D eigenvalue weighted by Crippen LogP contribution is -2.12. The number of halogens is 1. The monoisotopic (exact) mass is 393 g/mol. The molecule has 1 aliphatic carbocycles. The zero-order valence-corrected chi connectivity index (χ0v) is 15.5. The van der Waals surface area contributed by atoms with E-state index in [0.717, 1.165) is 11.1 Å². The number of aryl methyl sites for hydroxylation is 1. The van der Waals surface area contributed by atoms with Gasteiger partial charge in [0.25, 0.3) is 5.91 Å². The molecule has 1 aromatic heterocycles. The standard InChI is InChI=1S/C18H20BrNO2S/c1-11-7-16(21)14(19)9-15(11)20-18(22)13-8-17(23-10-13)12-5-3-2-4-6-12/h7-10,12,21H,2-6H2,1H3,(H,20,22). The minimum Gasteiger partial charge on any atom is -0.507 e. The van der Waals surface area contributed by atoms with Crippen LogP contribution in [0.2, 0.25) is 0 Å². The maximum Gasteiger partial charge on any atom is 0.256 e. The number of thiophene rings is 1. The van der Waals surface area contributed by atoms with Crippen LogP contribution >= 0.6 is 27.3 Å². The zero-order chi connectivity index (χ0) is 16.4. The van der Waals surface area contributed by atoms with Gasteiger partial charge in [-0.3, -0.25) is 4.79 Å². The van der Waals surface area contributed by atoms with E-state index in [-0.39, 0.29) is 11.7 Å². The Morgan fingerprint density at radius 1 is 1.26 bits per heavy atom. The van der Waals surface area contributed by atoms with Crippen LogP contribution in [0, 0.1) is 6.92 Å². The van der Waals surface area contributed by atoms with Crippen LogP contribution in [0.15, 0.2) is 28.1 Å². The van der Waals surface area contributed by atoms with Crippen molar-refractivity contribution in [2.45, 2.75) is 44.9 Å². The molecule has 1 aliphatic rings. The molecular weight excluding hydrogens is 374 g/mol. The lowest BCUT2D eigenvalue weighted by atomic mass is 9.88. The third-order valence-electron chi connectivity index (χ3n) is 4.43. The molecule has 1 saturated carbocycles. The summed E-state index contributed by atoms with van der Waals surface area (Å²) in [5.41, 5.74) is 2.27. The second-order valence-electron chi connectivity index (χ2n) is 6.15. The number of aromatic hydroxyl groups is 1. The average Bonchev–Trinajstić information content (AvgIpc) is 3.03. The smallest absolute Gasteiger partial charge is 0.256 e. The normalized spacial score (nSPS) is 15.6. The predicted octanol–water partition coefficient (Wildman–Crippen LogP) is 5.82. The van der Waals surface area contributed by atoms with Crippen LogP contribution in [0.5, 0.6) is 5.75 Å². The van der Waals surface area contributed by atoms with Crippen molar-refractivity contribution in [1.82, 2.24) is 0 Å². The molecule has 3 rings (SSSR count). The van der Waals surface area contributed by atoms with Crippen LogP contribution in [0.3, 0.4) is 0 Å². The fourth-order valence-electron chi connectivity index (χ4n) is 3.07. The van der Waals surface area contributed by atoms with Gasteiger partial charge in [0.1, 0.15) is 5.75 Å². The van der Waals surface area contributed by atoms with E-state index in [2.05, 4.69) is 21.2 Å². The van der Waals surface area contributed by atoms with Crippen LogP contribution in [-0.2, 0) is 0 Å². The molecule has 0 atom stereocenters. The largest absolute Gasteiger partial charge is 0.507 e. The topological polar surface area (TPSA) is 49.3 Å². The summed E-state index contributed by atoms with van der Waals surface area (Å²) in [6.45, 7) is 1.86. The summed E-state index contributed by atoms with van der Waals surface area (Å²) < 4.78 is 0.576. The van der Waals surface area contributed by atoms with Gasteiger partial charge in [0.2, 0.25) is 0 Å². The number of phenols is 1. The number of nitrogens with one attached hydrogen (secondary N) is 1. The maximum absolute atomic E-state index is 12.5. The van der Waals surface area contributed by atoms with Gasteiger partial charge in [0.15, 0.2) is 0 Å². The summed E-state index contributed by atoms with van der Waals surface area (Å²) in [5.74, 6) is 0.708. The number of rotatable bonds is 3. The fourth-order valence-corrected chi connectivity index (χ4v) is 4.47. The molecule has 3 nitrogen and oxygen atoms in total. The van der Waals surface area contributed by atoms with Crippen LogP contribution in [0.25, 0.3) is 0 Å². The van der Waals surface area contributed by atoms with Gasteiger partial charge >= 0.3 is 0 Å². The van der Waals surface area contributed by atoms with E-state index < -0.39 is 0 Å². The molecule has 0 aliphatic heterocycles. The summed E-state index contributed by atoms with van der Waals surface area (Å²) in [4.78, 5) is 13.8. The zero-order valence-electron chi connectivity index (χ0n) is 13.1. The van der Waals surface area contributed by atoms with Crippen molar-refractivity contribution in [2.24, 2.45) is 0 Å². The van der Waals surface area contributed by atoms with Gasteiger partial charge in [0.05, 0.1) is 10.0 Å². The molecule has 2 N–H and O–H groups in total. The first-order chi connectivity index (χ1) is 11.0. The molecule has 1 amide bonds. The summed E-state index contributed by atoms with van der Waals surface area (Å²) >= 11 is 4.98. The Labute approximate surface area is 148 Å². The molecule has 0 spiro atoms. The quantitative estimate of drug-likeness (QED) is 0.644. The molecule has 0 bridgehead atoms. The van der Waals surface area contributed by atoms with E-state index in [1.165, 1.54) is 37.0 Å². The summed E-state index contributed by atoms with van der Waals surface area (Å²) in [7, 11) is 0. The molecule has 5 heteroatoms. The Morgan fingerprint density at radius 3 is 2.74 bits per heavy atom. The molecule has 1 fully saturated rings. The second kappa shape index (κ2) is 7.05. The minimum atomic E-state index is -0.0935. The number of amides is 1. The second-order valence-corrected chi connectivity index (χ2v) is 7.94. The van der Waals surface area contributed by atoms with Gasteiger partial charge in [-0.1, -0.05) is 19.3 Å². The van der Waals surface area contributed by atoms with E-state index >= 15 is 0 Å². The van der Waals surface area contributed by atoms with Crippen LogP contribution in [0.4, 0.5) is 5.69 Å². The Hall–Kier alpha value is -1.33. The fraction of sp³-hybridized carbons (Fsp3) is 0.389. The highest BCUT2D eigenvalue weighted by molar-refractivity contribution is 9.10. The minimum absolute atomic E-state index is 0.0935. The number of phenolic OH excluding ortho intramolecular Hbond substituents is 1. The molecule has 2 aromatic rings. The van der Waals surface area contributed by atoms with E-state index in [4.69, 9.17) is 0 Å². The Kier molecular flexibility index (Phi) is 5.07. The molecule has 1 aromatic carbocycles. The number of carbonyl (C=O) groups excluding carboxylic acids is 1. The summed E-state index contributed by atoms with van der Waals surface area (Å²) in [5, 5.41) is 14.6. The number of benzene rings is 1. The average molecular weight is 394 g/mol. The van der Waals surface area contributed by atoms with E-state index in [0.29, 0.717) is 16.1 Å². The molecule has 0 saturated heterocycles. The Balaban J connectivity index is 1.74. The van der Waals surface area contributed by atoms with Gasteiger partial charge in [-0.2, -0.15) is 0 Å². The number of carbonyl (C=O) groups is 1. The van der Waals surface area contributed by atoms with Gasteiger partial charge in [-0.15, -0.1) is 11.3 Å². The van der Waals surface area contributed by atoms with Crippen LogP contribution < -0.4 is 5.32 Å². The van der Waals surface area contributed by atoms with Crippen molar-refractivity contribution in [3.63, 3.8) is 0 Å². The molecule has 23 heavy (non-hydrogen) atoms. The van der Waals surface area contributed by atoms with Crippen molar-refractivity contribution >= 4 is 38.9 Å². The Morgan fingerprint density at radius 2 is 2.00 bits per heavy atom. The van der Waals surface area contributed by atoms with E-state index in [1.807, 2.05) is 18.4 Å². The van der Waals surface area contributed by atoms with Crippen LogP contribution in [-0.4, -0.2) is 11.0 Å². The van der Waals surface area contributed by atoms with Crippen LogP contribution in [0.1, 0.15) is 58.8 Å². The number of hydrogen-bond donors (Lipinski definition) is 2. The van der Waals surface area contributed by atoms with Crippen molar-refractivity contribution in [1.29, 1.82) is 0 Å². The van der Waals surface area contributed by atoms with Gasteiger partial charge < -0.3 is 10.4 Å². The van der Waals surface area contributed by atoms with E-state index in [1.54, 1.807) is 23.5 Å². The molecule has 1 heterocycles. The first-order valence-electron chi connectivity index (χ1n) is 7.93. The molecule has 0 radical (unpaired) electrons. The highest BCUT2D eigenvalue weighted by Gasteiger charge is 2.19. The third-order valence-corrected chi connectivity index (χ3v) is 6.16. The lowest BCUT2D eigenvalue weighted by molar-refractivity contribution is 0.102. The summed E-state index contributed by atoms with van der Waals surface area (Å²) in [6, 6.07) is 5.42. The first-order valence-corrected chi connectivity index (χ1v) is 9.61. The molecule has 0 unspecified atom stereocenters. The highest BCUT2D eigenvalue weighted by atomic mass is 79.9.